The number of aromatic nitrogens is 6. The van der Waals surface area contributed by atoms with Crippen molar-refractivity contribution in [1.29, 1.82) is 0 Å². The fraction of sp³-hybridized carbons (Fsp3) is 0.524. The van der Waals surface area contributed by atoms with Crippen molar-refractivity contribution in [3.8, 4) is 17.3 Å². The number of imidazole rings is 1. The summed E-state index contributed by atoms with van der Waals surface area (Å²) in [5.74, 6) is 2.01. The molecule has 0 radical (unpaired) electrons. The van der Waals surface area contributed by atoms with Crippen LogP contribution in [0.15, 0.2) is 18.7 Å². The minimum absolute atomic E-state index is 0.0240. The Kier molecular flexibility index (Phi) is 5.23. The molecule has 10 nitrogen and oxygen atoms in total. The maximum absolute atomic E-state index is 12.7. The number of likely N-dealkylation sites (tertiary alicyclic amines) is 1. The van der Waals surface area contributed by atoms with Gasteiger partial charge in [-0.05, 0) is 20.3 Å². The molecule has 3 aromatic heterocycles. The van der Waals surface area contributed by atoms with Gasteiger partial charge in [-0.25, -0.2) is 19.9 Å². The van der Waals surface area contributed by atoms with E-state index in [0.29, 0.717) is 55.7 Å². The normalized spacial score (nSPS) is 21.2. The lowest BCUT2D eigenvalue weighted by atomic mass is 10.1. The molecule has 31 heavy (non-hydrogen) atoms. The van der Waals surface area contributed by atoms with Gasteiger partial charge >= 0.3 is 0 Å². The Morgan fingerprint density at radius 3 is 2.81 bits per heavy atom. The molecule has 0 aromatic carbocycles. The molecule has 5 heterocycles. The summed E-state index contributed by atoms with van der Waals surface area (Å²) in [6, 6.07) is 0. The van der Waals surface area contributed by atoms with E-state index in [4.69, 9.17) is 14.5 Å². The van der Waals surface area contributed by atoms with Crippen LogP contribution in [-0.4, -0.2) is 72.7 Å². The van der Waals surface area contributed by atoms with Crippen LogP contribution >= 0.6 is 0 Å². The molecule has 3 aromatic rings. The first-order chi connectivity index (χ1) is 15.1. The van der Waals surface area contributed by atoms with Gasteiger partial charge in [0.15, 0.2) is 11.2 Å². The van der Waals surface area contributed by atoms with Crippen LogP contribution in [0.25, 0.3) is 22.6 Å². The lowest BCUT2D eigenvalue weighted by molar-refractivity contribution is -0.134. The molecule has 5 rings (SSSR count). The Morgan fingerprint density at radius 2 is 2.06 bits per heavy atom. The van der Waals surface area contributed by atoms with E-state index in [9.17, 15) is 4.79 Å². The maximum Gasteiger partial charge on any atom is 0.245 e. The SMILES string of the molecule is CCn1c(-c2cnc(C)nc2)nc2c(OC3CCN(C(=O)C4CCOC4)C3)ncnc21. The van der Waals surface area contributed by atoms with E-state index in [2.05, 4.69) is 19.9 Å². The molecule has 1 amide bonds. The highest BCUT2D eigenvalue weighted by atomic mass is 16.5. The highest BCUT2D eigenvalue weighted by Gasteiger charge is 2.34. The Hall–Kier alpha value is -3.14. The second kappa shape index (κ2) is 8.18. The quantitative estimate of drug-likeness (QED) is 0.609. The van der Waals surface area contributed by atoms with Gasteiger partial charge in [-0.15, -0.1) is 0 Å². The standard InChI is InChI=1S/C21H25N7O3/c1-3-28-18(15-8-22-13(2)23-9-15)26-17-19(28)24-12-25-20(17)31-16-4-6-27(10-16)21(29)14-5-7-30-11-14/h8-9,12,14,16H,3-7,10-11H2,1-2H3. The van der Waals surface area contributed by atoms with Crippen LogP contribution in [0.5, 0.6) is 5.88 Å². The van der Waals surface area contributed by atoms with Crippen molar-refractivity contribution in [1.82, 2.24) is 34.4 Å². The number of fused-ring (bicyclic) bond motifs is 1. The third-order valence-electron chi connectivity index (χ3n) is 5.87. The zero-order valence-corrected chi connectivity index (χ0v) is 17.7. The Balaban J connectivity index is 1.39. The first kappa shape index (κ1) is 19.8. The molecule has 2 aliphatic rings. The number of hydrogen-bond donors (Lipinski definition) is 0. The van der Waals surface area contributed by atoms with Crippen molar-refractivity contribution in [3.63, 3.8) is 0 Å². The van der Waals surface area contributed by atoms with Crippen LogP contribution in [0.1, 0.15) is 25.6 Å². The smallest absolute Gasteiger partial charge is 0.245 e. The van der Waals surface area contributed by atoms with Gasteiger partial charge in [0.05, 0.1) is 24.6 Å². The molecule has 2 unspecified atom stereocenters. The molecule has 162 valence electrons. The zero-order chi connectivity index (χ0) is 21.4. The number of hydrogen-bond acceptors (Lipinski definition) is 8. The zero-order valence-electron chi connectivity index (χ0n) is 17.7. The number of carbonyl (C=O) groups excluding carboxylic acids is 1. The third-order valence-corrected chi connectivity index (χ3v) is 5.87. The van der Waals surface area contributed by atoms with Gasteiger partial charge in [-0.2, -0.15) is 4.98 Å². The fourth-order valence-electron chi connectivity index (χ4n) is 4.20. The van der Waals surface area contributed by atoms with E-state index in [0.717, 1.165) is 24.2 Å². The third kappa shape index (κ3) is 3.71. The highest BCUT2D eigenvalue weighted by Crippen LogP contribution is 2.29. The van der Waals surface area contributed by atoms with Crippen molar-refractivity contribution in [2.75, 3.05) is 26.3 Å². The first-order valence-electron chi connectivity index (χ1n) is 10.7. The van der Waals surface area contributed by atoms with Gasteiger partial charge in [0.25, 0.3) is 0 Å². The van der Waals surface area contributed by atoms with Gasteiger partial charge in [0.2, 0.25) is 11.8 Å². The minimum Gasteiger partial charge on any atom is -0.471 e. The summed E-state index contributed by atoms with van der Waals surface area (Å²) >= 11 is 0. The summed E-state index contributed by atoms with van der Waals surface area (Å²) in [7, 11) is 0. The largest absolute Gasteiger partial charge is 0.471 e. The average Bonchev–Trinajstić information content (AvgIpc) is 3.54. The molecule has 2 aliphatic heterocycles. The molecule has 10 heteroatoms. The molecule has 0 aliphatic carbocycles. The van der Waals surface area contributed by atoms with E-state index in [1.54, 1.807) is 12.4 Å². The average molecular weight is 423 g/mol. The lowest BCUT2D eigenvalue weighted by Gasteiger charge is -2.19. The first-order valence-corrected chi connectivity index (χ1v) is 10.7. The van der Waals surface area contributed by atoms with Crippen LogP contribution in [0.2, 0.25) is 0 Å². The molecule has 0 N–H and O–H groups in total. The van der Waals surface area contributed by atoms with Crippen molar-refractivity contribution in [2.45, 2.75) is 39.3 Å². The molecule has 2 saturated heterocycles. The molecule has 2 fully saturated rings. The summed E-state index contributed by atoms with van der Waals surface area (Å²) in [6.07, 6.45) is 6.45. The van der Waals surface area contributed by atoms with Crippen LogP contribution in [-0.2, 0) is 16.1 Å². The van der Waals surface area contributed by atoms with E-state index in [-0.39, 0.29) is 17.9 Å². The van der Waals surface area contributed by atoms with Gasteiger partial charge in [0.1, 0.15) is 24.1 Å². The fourth-order valence-corrected chi connectivity index (χ4v) is 4.20. The summed E-state index contributed by atoms with van der Waals surface area (Å²) in [4.78, 5) is 36.7. The Bertz CT molecular complexity index is 1090. The van der Waals surface area contributed by atoms with Crippen LogP contribution < -0.4 is 4.74 Å². The molecule has 2 atom stereocenters. The van der Waals surface area contributed by atoms with Gasteiger partial charge in [-0.1, -0.05) is 0 Å². The van der Waals surface area contributed by atoms with Gasteiger partial charge < -0.3 is 18.9 Å². The Labute approximate surface area is 179 Å². The Morgan fingerprint density at radius 1 is 1.23 bits per heavy atom. The second-order valence-corrected chi connectivity index (χ2v) is 7.92. The molecular weight excluding hydrogens is 398 g/mol. The van der Waals surface area contributed by atoms with Crippen LogP contribution in [0.3, 0.4) is 0 Å². The number of ether oxygens (including phenoxy) is 2. The molecule has 0 saturated carbocycles. The van der Waals surface area contributed by atoms with Crippen molar-refractivity contribution >= 4 is 17.1 Å². The van der Waals surface area contributed by atoms with E-state index in [1.807, 2.05) is 23.3 Å². The second-order valence-electron chi connectivity index (χ2n) is 7.92. The summed E-state index contributed by atoms with van der Waals surface area (Å²) < 4.78 is 13.6. The predicted octanol–water partition coefficient (Wildman–Crippen LogP) is 1.63. The summed E-state index contributed by atoms with van der Waals surface area (Å²) in [6.45, 7) is 6.99. The van der Waals surface area contributed by atoms with Crippen molar-refractivity contribution in [2.24, 2.45) is 5.92 Å². The van der Waals surface area contributed by atoms with Crippen LogP contribution in [0.4, 0.5) is 0 Å². The van der Waals surface area contributed by atoms with E-state index >= 15 is 0 Å². The number of carbonyl (C=O) groups is 1. The number of nitrogens with zero attached hydrogens (tertiary/aromatic N) is 7. The molecule has 0 bridgehead atoms. The monoisotopic (exact) mass is 423 g/mol. The van der Waals surface area contributed by atoms with Gasteiger partial charge in [0, 0.05) is 38.5 Å². The summed E-state index contributed by atoms with van der Waals surface area (Å²) in [5.41, 5.74) is 2.12. The molecule has 0 spiro atoms. The van der Waals surface area contributed by atoms with E-state index in [1.165, 1.54) is 6.33 Å². The lowest BCUT2D eigenvalue weighted by Crippen LogP contribution is -2.36. The number of aryl methyl sites for hydroxylation is 2. The van der Waals surface area contributed by atoms with Crippen LogP contribution in [0, 0.1) is 12.8 Å². The molecular formula is C21H25N7O3. The van der Waals surface area contributed by atoms with Crippen molar-refractivity contribution < 1.29 is 14.3 Å². The summed E-state index contributed by atoms with van der Waals surface area (Å²) in [5, 5.41) is 0. The highest BCUT2D eigenvalue weighted by molar-refractivity contribution is 5.81. The topological polar surface area (TPSA) is 108 Å². The van der Waals surface area contributed by atoms with Gasteiger partial charge in [-0.3, -0.25) is 4.79 Å². The maximum atomic E-state index is 12.7. The number of rotatable bonds is 5. The number of amides is 1. The minimum atomic E-state index is -0.123. The van der Waals surface area contributed by atoms with E-state index < -0.39 is 0 Å². The predicted molar refractivity (Wildman–Crippen MR) is 111 cm³/mol. The van der Waals surface area contributed by atoms with Crippen molar-refractivity contribution in [3.05, 3.63) is 24.5 Å².